The van der Waals surface area contributed by atoms with Crippen molar-refractivity contribution in [2.45, 2.75) is 44.4 Å². The average molecular weight is 680 g/mol. The van der Waals surface area contributed by atoms with Gasteiger partial charge in [0.1, 0.15) is 0 Å². The average Bonchev–Trinajstić information content (AvgIpc) is 3.02. The summed E-state index contributed by atoms with van der Waals surface area (Å²) in [6.45, 7) is 4.50. The van der Waals surface area contributed by atoms with E-state index in [4.69, 9.17) is 4.74 Å². The van der Waals surface area contributed by atoms with Gasteiger partial charge in [-0.1, -0.05) is 101 Å². The number of hydrogen-bond donors (Lipinski definition) is 0. The summed E-state index contributed by atoms with van der Waals surface area (Å²) < 4.78 is 66.2. The molecule has 0 spiro atoms. The van der Waals surface area contributed by atoms with Crippen LogP contribution >= 0.6 is 22.6 Å². The van der Waals surface area contributed by atoms with Gasteiger partial charge in [0.25, 0.3) is 10.0 Å². The molecule has 0 aliphatic carbocycles. The molecule has 3 aromatic rings. The first-order chi connectivity index (χ1) is 18.9. The Labute approximate surface area is 248 Å². The van der Waals surface area contributed by atoms with Gasteiger partial charge in [-0.15, -0.1) is 0 Å². The summed E-state index contributed by atoms with van der Waals surface area (Å²) in [7, 11) is -4.17. The number of aryl methyl sites for hydroxylation is 1. The Hall–Kier alpha value is -2.79. The maximum atomic E-state index is 15.6. The first kappa shape index (κ1) is 30.2. The van der Waals surface area contributed by atoms with Crippen molar-refractivity contribution in [1.29, 1.82) is 0 Å². The number of ether oxygens (including phenoxy) is 1. The van der Waals surface area contributed by atoms with Gasteiger partial charge >= 0.3 is 11.9 Å². The number of rotatable bonds is 9. The predicted molar refractivity (Wildman–Crippen MR) is 162 cm³/mol. The second-order valence-corrected chi connectivity index (χ2v) is 13.1. The number of sulfonamides is 1. The van der Waals surface area contributed by atoms with E-state index in [0.717, 1.165) is 11.1 Å². The van der Waals surface area contributed by atoms with Gasteiger partial charge < -0.3 is 4.74 Å². The standard InChI is InChI=1S/C31H32F2INO4S/c1-4-39-29(36)31(32,33)20-30(3)21-35(40(37,38)24-16-14-22(2)15-17-24)27-13-9-8-12-25(27)28(26(30)18-19-34)23-10-6-5-7-11-23/h5-17H,4,18-21H2,1-3H3/t30-/m1/s1. The summed E-state index contributed by atoms with van der Waals surface area (Å²) in [5.74, 6) is -5.44. The van der Waals surface area contributed by atoms with Crippen LogP contribution in [0.5, 0.6) is 0 Å². The van der Waals surface area contributed by atoms with Gasteiger partial charge in [-0.25, -0.2) is 13.2 Å². The zero-order chi connectivity index (χ0) is 29.1. The number of halogens is 3. The van der Waals surface area contributed by atoms with E-state index in [1.54, 1.807) is 31.2 Å². The number of hydrogen-bond acceptors (Lipinski definition) is 4. The molecule has 1 heterocycles. The fourth-order valence-corrected chi connectivity index (χ4v) is 7.48. The quantitative estimate of drug-likeness (QED) is 0.134. The van der Waals surface area contributed by atoms with E-state index < -0.39 is 33.8 Å². The molecule has 0 N–H and O–H groups in total. The number of nitrogens with zero attached hydrogens (tertiary/aromatic N) is 1. The first-order valence-corrected chi connectivity index (χ1v) is 16.0. The van der Waals surface area contributed by atoms with Gasteiger partial charge in [-0.3, -0.25) is 4.31 Å². The van der Waals surface area contributed by atoms with Crippen molar-refractivity contribution >= 4 is 49.8 Å². The molecule has 0 amide bonds. The highest BCUT2D eigenvalue weighted by atomic mass is 127. The number of fused-ring (bicyclic) bond motifs is 1. The Morgan fingerprint density at radius 1 is 1.02 bits per heavy atom. The van der Waals surface area contributed by atoms with Crippen molar-refractivity contribution in [3.63, 3.8) is 0 Å². The summed E-state index contributed by atoms with van der Waals surface area (Å²) in [6, 6.07) is 23.0. The van der Waals surface area contributed by atoms with Crippen LogP contribution in [0.4, 0.5) is 14.5 Å². The molecular formula is C31H32F2INO4S. The Morgan fingerprint density at radius 2 is 1.65 bits per heavy atom. The van der Waals surface area contributed by atoms with Crippen LogP contribution in [0.1, 0.15) is 43.4 Å². The minimum Gasteiger partial charge on any atom is -0.462 e. The summed E-state index contributed by atoms with van der Waals surface area (Å²) in [5, 5.41) is 0. The molecular weight excluding hydrogens is 647 g/mol. The lowest BCUT2D eigenvalue weighted by Gasteiger charge is -2.38. The van der Waals surface area contributed by atoms with Crippen molar-refractivity contribution in [1.82, 2.24) is 0 Å². The summed E-state index contributed by atoms with van der Waals surface area (Å²) in [5.41, 5.74) is 2.66. The predicted octanol–water partition coefficient (Wildman–Crippen LogP) is 7.43. The molecule has 0 saturated heterocycles. The van der Waals surface area contributed by atoms with Crippen LogP contribution in [-0.4, -0.2) is 37.9 Å². The summed E-state index contributed by atoms with van der Waals surface area (Å²) >= 11 is 2.20. The molecule has 0 aromatic heterocycles. The number of benzene rings is 3. The van der Waals surface area contributed by atoms with Crippen molar-refractivity contribution in [2.24, 2.45) is 5.41 Å². The largest absolute Gasteiger partial charge is 0.462 e. The Kier molecular flexibility index (Phi) is 9.04. The number of carbonyl (C=O) groups is 1. The molecule has 0 radical (unpaired) electrons. The van der Waals surface area contributed by atoms with Gasteiger partial charge in [-0.05, 0) is 49.6 Å². The van der Waals surface area contributed by atoms with Crippen LogP contribution in [-0.2, 0) is 19.6 Å². The van der Waals surface area contributed by atoms with E-state index in [0.29, 0.717) is 33.2 Å². The van der Waals surface area contributed by atoms with Crippen LogP contribution < -0.4 is 4.31 Å². The Balaban J connectivity index is 2.04. The lowest BCUT2D eigenvalue weighted by molar-refractivity contribution is -0.175. The normalized spacial score (nSPS) is 17.8. The molecule has 212 valence electrons. The molecule has 0 bridgehead atoms. The van der Waals surface area contributed by atoms with Crippen LogP contribution in [0.15, 0.2) is 89.3 Å². The second-order valence-electron chi connectivity index (χ2n) is 10.2. The van der Waals surface area contributed by atoms with E-state index in [1.807, 2.05) is 49.4 Å². The highest BCUT2D eigenvalue weighted by Crippen LogP contribution is 2.51. The highest BCUT2D eigenvalue weighted by molar-refractivity contribution is 14.1. The number of alkyl halides is 3. The van der Waals surface area contributed by atoms with E-state index in [2.05, 4.69) is 22.6 Å². The maximum absolute atomic E-state index is 15.6. The first-order valence-electron chi connectivity index (χ1n) is 13.0. The van der Waals surface area contributed by atoms with E-state index in [-0.39, 0.29) is 18.0 Å². The molecule has 0 unspecified atom stereocenters. The number of carbonyl (C=O) groups excluding carboxylic acids is 1. The second kappa shape index (κ2) is 12.0. The fraction of sp³-hybridized carbons (Fsp3) is 0.323. The zero-order valence-electron chi connectivity index (χ0n) is 22.7. The zero-order valence-corrected chi connectivity index (χ0v) is 25.6. The number of anilines is 1. The van der Waals surface area contributed by atoms with Crippen LogP contribution in [0.2, 0.25) is 0 Å². The molecule has 0 saturated carbocycles. The molecule has 40 heavy (non-hydrogen) atoms. The van der Waals surface area contributed by atoms with Crippen molar-refractivity contribution < 1.29 is 26.7 Å². The highest BCUT2D eigenvalue weighted by Gasteiger charge is 2.51. The lowest BCUT2D eigenvalue weighted by atomic mass is 9.72. The third-order valence-corrected chi connectivity index (χ3v) is 9.48. The lowest BCUT2D eigenvalue weighted by Crippen LogP contribution is -2.45. The number of esters is 1. The molecule has 0 fully saturated rings. The third-order valence-electron chi connectivity index (χ3n) is 7.17. The Bertz CT molecular complexity index is 1510. The molecule has 1 atom stereocenters. The van der Waals surface area contributed by atoms with Crippen molar-refractivity contribution in [3.05, 3.63) is 101 Å². The van der Waals surface area contributed by atoms with Gasteiger partial charge in [0.2, 0.25) is 0 Å². The molecule has 9 heteroatoms. The molecule has 5 nitrogen and oxygen atoms in total. The van der Waals surface area contributed by atoms with Crippen LogP contribution in [0.25, 0.3) is 5.57 Å². The smallest absolute Gasteiger partial charge is 0.376 e. The molecule has 1 aliphatic heterocycles. The van der Waals surface area contributed by atoms with E-state index in [1.165, 1.54) is 23.4 Å². The summed E-state index contributed by atoms with van der Waals surface area (Å²) in [6.07, 6.45) is -0.484. The topological polar surface area (TPSA) is 63.7 Å². The monoisotopic (exact) mass is 679 g/mol. The minimum atomic E-state index is -4.17. The van der Waals surface area contributed by atoms with Gasteiger partial charge in [0, 0.05) is 28.4 Å². The third kappa shape index (κ3) is 5.95. The van der Waals surface area contributed by atoms with E-state index in [9.17, 15) is 13.2 Å². The van der Waals surface area contributed by atoms with Crippen molar-refractivity contribution in [2.75, 3.05) is 21.9 Å². The summed E-state index contributed by atoms with van der Waals surface area (Å²) in [4.78, 5) is 12.5. The van der Waals surface area contributed by atoms with Gasteiger partial charge in [-0.2, -0.15) is 8.78 Å². The van der Waals surface area contributed by atoms with E-state index >= 15 is 8.78 Å². The molecule has 1 aliphatic rings. The van der Waals surface area contributed by atoms with Gasteiger partial charge in [0.05, 0.1) is 17.2 Å². The van der Waals surface area contributed by atoms with Crippen molar-refractivity contribution in [3.8, 4) is 0 Å². The maximum Gasteiger partial charge on any atom is 0.376 e. The van der Waals surface area contributed by atoms with Crippen LogP contribution in [0.3, 0.4) is 0 Å². The number of para-hydroxylation sites is 1. The van der Waals surface area contributed by atoms with Gasteiger partial charge in [0.15, 0.2) is 0 Å². The molecule has 4 rings (SSSR count). The minimum absolute atomic E-state index is 0.0611. The van der Waals surface area contributed by atoms with Crippen LogP contribution in [0, 0.1) is 12.3 Å². The SMILES string of the molecule is CCOC(=O)C(F)(F)C[C@]1(C)CN(S(=O)(=O)c2ccc(C)cc2)c2ccccc2C(c2ccccc2)=C1CCI. The molecule has 3 aromatic carbocycles. The fourth-order valence-electron chi connectivity index (χ4n) is 5.33. The Morgan fingerprint density at radius 3 is 2.27 bits per heavy atom.